The second-order valence-electron chi connectivity index (χ2n) is 6.12. The summed E-state index contributed by atoms with van der Waals surface area (Å²) < 4.78 is 26.0. The van der Waals surface area contributed by atoms with Crippen LogP contribution in [0.2, 0.25) is 0 Å². The molecular formula is C17H24N4O3S. The monoisotopic (exact) mass is 364 g/mol. The fraction of sp³-hybridized carbons (Fsp3) is 0.412. The number of nitrogens with zero attached hydrogens (tertiary/aromatic N) is 2. The molecule has 7 nitrogen and oxygen atoms in total. The van der Waals surface area contributed by atoms with E-state index in [4.69, 9.17) is 0 Å². The van der Waals surface area contributed by atoms with Crippen LogP contribution in [0.15, 0.2) is 35.2 Å². The highest BCUT2D eigenvalue weighted by Gasteiger charge is 2.16. The van der Waals surface area contributed by atoms with Crippen molar-refractivity contribution in [2.75, 3.05) is 0 Å². The van der Waals surface area contributed by atoms with Gasteiger partial charge in [0.05, 0.1) is 10.6 Å². The van der Waals surface area contributed by atoms with Crippen LogP contribution in [0, 0.1) is 13.8 Å². The molecule has 1 aromatic carbocycles. The van der Waals surface area contributed by atoms with Gasteiger partial charge in [-0.2, -0.15) is 5.10 Å². The molecule has 0 bridgehead atoms. The van der Waals surface area contributed by atoms with Crippen LogP contribution in [0.1, 0.15) is 43.1 Å². The average Bonchev–Trinajstić information content (AvgIpc) is 2.89. The summed E-state index contributed by atoms with van der Waals surface area (Å²) in [6, 6.07) is 8.51. The Balaban J connectivity index is 1.99. The maximum Gasteiger partial charge on any atom is 0.257 e. The lowest BCUT2D eigenvalue weighted by atomic mass is 9.99. The molecule has 0 spiro atoms. The van der Waals surface area contributed by atoms with E-state index in [2.05, 4.69) is 29.2 Å². The zero-order valence-corrected chi connectivity index (χ0v) is 15.7. The van der Waals surface area contributed by atoms with Gasteiger partial charge in [0.15, 0.2) is 0 Å². The molecule has 0 unspecified atom stereocenters. The number of amides is 1. The number of aryl methyl sites for hydroxylation is 2. The largest absolute Gasteiger partial charge is 0.276 e. The molecule has 2 N–H and O–H groups in total. The predicted molar refractivity (Wildman–Crippen MR) is 95.3 cm³/mol. The molecular weight excluding hydrogens is 340 g/mol. The van der Waals surface area contributed by atoms with E-state index in [1.54, 1.807) is 12.1 Å². The van der Waals surface area contributed by atoms with E-state index in [0.29, 0.717) is 5.92 Å². The van der Waals surface area contributed by atoms with Gasteiger partial charge in [0, 0.05) is 5.69 Å². The van der Waals surface area contributed by atoms with Gasteiger partial charge in [-0.05, 0) is 49.9 Å². The van der Waals surface area contributed by atoms with Gasteiger partial charge in [-0.15, -0.1) is 4.83 Å². The molecule has 0 aliphatic carbocycles. The lowest BCUT2D eigenvalue weighted by Crippen LogP contribution is -2.43. The molecule has 1 atom stereocenters. The summed E-state index contributed by atoms with van der Waals surface area (Å²) in [5, 5.41) is 4.17. The maximum absolute atomic E-state index is 12.3. The maximum atomic E-state index is 12.3. The standard InChI is InChI=1S/C17H24N4O3S/c1-5-12(2)15-6-8-16(9-7-15)25(23,24)20-18-17(22)11-21-14(4)10-13(3)19-21/h6-10,12,20H,5,11H2,1-4H3,(H,18,22)/t12-/m0/s1. The highest BCUT2D eigenvalue weighted by molar-refractivity contribution is 7.89. The summed E-state index contributed by atoms with van der Waals surface area (Å²) in [4.78, 5) is 14.2. The van der Waals surface area contributed by atoms with Crippen LogP contribution in [-0.4, -0.2) is 24.1 Å². The van der Waals surface area contributed by atoms with Gasteiger partial charge < -0.3 is 0 Å². The normalized spacial score (nSPS) is 12.8. The molecule has 0 radical (unpaired) electrons. The van der Waals surface area contributed by atoms with Crippen LogP contribution in [0.3, 0.4) is 0 Å². The number of hydrogen-bond acceptors (Lipinski definition) is 4. The molecule has 1 aromatic heterocycles. The predicted octanol–water partition coefficient (Wildman–Crippen LogP) is 2.02. The molecule has 0 aliphatic heterocycles. The summed E-state index contributed by atoms with van der Waals surface area (Å²) >= 11 is 0. The summed E-state index contributed by atoms with van der Waals surface area (Å²) in [5.41, 5.74) is 4.92. The zero-order valence-electron chi connectivity index (χ0n) is 14.9. The van der Waals surface area contributed by atoms with Crippen molar-refractivity contribution in [1.82, 2.24) is 20.0 Å². The van der Waals surface area contributed by atoms with E-state index in [0.717, 1.165) is 23.4 Å². The second-order valence-corrected chi connectivity index (χ2v) is 7.80. The smallest absolute Gasteiger partial charge is 0.257 e. The molecule has 8 heteroatoms. The van der Waals surface area contributed by atoms with Crippen LogP contribution in [0.4, 0.5) is 0 Å². The number of rotatable bonds is 7. The molecule has 0 fully saturated rings. The summed E-state index contributed by atoms with van der Waals surface area (Å²) in [5.74, 6) is -0.129. The minimum Gasteiger partial charge on any atom is -0.276 e. The van der Waals surface area contributed by atoms with Crippen LogP contribution < -0.4 is 10.3 Å². The summed E-state index contributed by atoms with van der Waals surface area (Å²) in [7, 11) is -3.81. The van der Waals surface area contributed by atoms with Crippen LogP contribution in [0.5, 0.6) is 0 Å². The lowest BCUT2D eigenvalue weighted by molar-refractivity contribution is -0.122. The number of carbonyl (C=O) groups is 1. The van der Waals surface area contributed by atoms with Crippen molar-refractivity contribution in [3.8, 4) is 0 Å². The van der Waals surface area contributed by atoms with Crippen LogP contribution in [0.25, 0.3) is 0 Å². The Hall–Kier alpha value is -2.19. The first-order valence-corrected chi connectivity index (χ1v) is 9.63. The van der Waals surface area contributed by atoms with Crippen molar-refractivity contribution in [2.24, 2.45) is 0 Å². The summed E-state index contributed by atoms with van der Waals surface area (Å²) in [6.45, 7) is 7.76. The molecule has 1 heterocycles. The van der Waals surface area contributed by atoms with Crippen molar-refractivity contribution >= 4 is 15.9 Å². The SMILES string of the molecule is CC[C@H](C)c1ccc(S(=O)(=O)NNC(=O)Cn2nc(C)cc2C)cc1. The second kappa shape index (κ2) is 7.79. The average molecular weight is 364 g/mol. The Morgan fingerprint density at radius 3 is 2.40 bits per heavy atom. The van der Waals surface area contributed by atoms with Gasteiger partial charge >= 0.3 is 0 Å². The third-order valence-electron chi connectivity index (χ3n) is 4.09. The topological polar surface area (TPSA) is 93.1 Å². The molecule has 0 aliphatic rings. The third kappa shape index (κ3) is 4.90. The fourth-order valence-electron chi connectivity index (χ4n) is 2.40. The van der Waals surface area contributed by atoms with Crippen LogP contribution in [-0.2, 0) is 21.4 Å². The molecule has 1 amide bonds. The third-order valence-corrected chi connectivity index (χ3v) is 5.36. The number of benzene rings is 1. The highest BCUT2D eigenvalue weighted by Crippen LogP contribution is 2.20. The van der Waals surface area contributed by atoms with Crippen molar-refractivity contribution in [1.29, 1.82) is 0 Å². The van der Waals surface area contributed by atoms with Crippen LogP contribution >= 0.6 is 0 Å². The quantitative estimate of drug-likeness (QED) is 0.735. The van der Waals surface area contributed by atoms with Gasteiger partial charge in [0.2, 0.25) is 0 Å². The van der Waals surface area contributed by atoms with E-state index in [9.17, 15) is 13.2 Å². The van der Waals surface area contributed by atoms with E-state index in [1.165, 1.54) is 16.8 Å². The van der Waals surface area contributed by atoms with Crippen molar-refractivity contribution in [2.45, 2.75) is 51.5 Å². The first-order chi connectivity index (χ1) is 11.7. The zero-order chi connectivity index (χ0) is 18.6. The van der Waals surface area contributed by atoms with Gasteiger partial charge in [0.25, 0.3) is 15.9 Å². The van der Waals surface area contributed by atoms with E-state index >= 15 is 0 Å². The minimum atomic E-state index is -3.81. The van der Waals surface area contributed by atoms with Gasteiger partial charge in [-0.25, -0.2) is 8.42 Å². The Kier molecular flexibility index (Phi) is 5.97. The van der Waals surface area contributed by atoms with Gasteiger partial charge in [0.1, 0.15) is 6.54 Å². The van der Waals surface area contributed by atoms with Crippen molar-refractivity contribution in [3.63, 3.8) is 0 Å². The Morgan fingerprint density at radius 1 is 1.24 bits per heavy atom. The molecule has 0 saturated carbocycles. The number of hydrazine groups is 1. The summed E-state index contributed by atoms with van der Waals surface area (Å²) in [6.07, 6.45) is 0.979. The van der Waals surface area contributed by atoms with Crippen molar-refractivity contribution in [3.05, 3.63) is 47.3 Å². The number of carbonyl (C=O) groups excluding carboxylic acids is 1. The highest BCUT2D eigenvalue weighted by atomic mass is 32.2. The first kappa shape index (κ1) is 19.1. The Bertz CT molecular complexity index is 841. The van der Waals surface area contributed by atoms with Gasteiger partial charge in [-0.3, -0.25) is 14.9 Å². The first-order valence-electron chi connectivity index (χ1n) is 8.14. The molecule has 25 heavy (non-hydrogen) atoms. The number of sulfonamides is 1. The number of aromatic nitrogens is 2. The molecule has 0 saturated heterocycles. The Labute approximate surface area is 148 Å². The minimum absolute atomic E-state index is 0.0604. The van der Waals surface area contributed by atoms with Crippen molar-refractivity contribution < 1.29 is 13.2 Å². The Morgan fingerprint density at radius 2 is 1.88 bits per heavy atom. The number of hydrogen-bond donors (Lipinski definition) is 2. The molecule has 136 valence electrons. The molecule has 2 rings (SSSR count). The number of nitrogens with one attached hydrogen (secondary N) is 2. The fourth-order valence-corrected chi connectivity index (χ4v) is 3.27. The van der Waals surface area contributed by atoms with E-state index in [1.807, 2.05) is 19.9 Å². The van der Waals surface area contributed by atoms with E-state index < -0.39 is 15.9 Å². The lowest BCUT2D eigenvalue weighted by Gasteiger charge is -2.11. The van der Waals surface area contributed by atoms with Gasteiger partial charge in [-0.1, -0.05) is 26.0 Å². The van der Waals surface area contributed by atoms with E-state index in [-0.39, 0.29) is 11.4 Å². The molecule has 2 aromatic rings.